The van der Waals surface area contributed by atoms with Crippen LogP contribution in [0.5, 0.6) is 0 Å². The normalized spacial score (nSPS) is 11.0. The molecule has 470 valence electrons. The molecule has 2 amide bonds. The molecule has 1 aliphatic rings. The Morgan fingerprint density at radius 3 is 1.54 bits per heavy atom. The average molecular weight is 1290 g/mol. The highest BCUT2D eigenvalue weighted by Crippen LogP contribution is 2.25. The van der Waals surface area contributed by atoms with Gasteiger partial charge in [0.2, 0.25) is 0 Å². The number of aromatic nitrogens is 7. The second-order valence-corrected chi connectivity index (χ2v) is 23.7. The third-order valence-electron chi connectivity index (χ3n) is 14.5. The predicted molar refractivity (Wildman–Crippen MR) is 386 cm³/mol. The van der Waals surface area contributed by atoms with Gasteiger partial charge in [0.25, 0.3) is 11.8 Å². The fourth-order valence-electron chi connectivity index (χ4n) is 9.73. The monoisotopic (exact) mass is 1290 g/mol. The Morgan fingerprint density at radius 2 is 0.905 bits per heavy atom. The average Bonchev–Trinajstić information content (AvgIpc) is 1.65. The van der Waals surface area contributed by atoms with Gasteiger partial charge in [0.05, 0.1) is 72.1 Å². The molecule has 0 bridgehead atoms. The second-order valence-electron chi connectivity index (χ2n) is 21.5. The smallest absolute Gasteiger partial charge is 0.336 e. The molecule has 0 saturated carbocycles. The predicted octanol–water partition coefficient (Wildman–Crippen LogP) is 19.5. The van der Waals surface area contributed by atoms with Crippen LogP contribution in [0.3, 0.4) is 0 Å². The van der Waals surface area contributed by atoms with E-state index in [1.165, 1.54) is 49.8 Å². The Bertz CT molecular complexity index is 5120. The number of rotatable bonds is 0. The van der Waals surface area contributed by atoms with Crippen LogP contribution in [0.4, 0.5) is 0 Å². The number of para-hydroxylation sites is 9. The van der Waals surface area contributed by atoms with Crippen LogP contribution < -0.4 is 5.63 Å². The van der Waals surface area contributed by atoms with Gasteiger partial charge in [-0.15, -0.1) is 22.7 Å². The van der Waals surface area contributed by atoms with Gasteiger partial charge in [-0.2, -0.15) is 0 Å². The van der Waals surface area contributed by atoms with Crippen LogP contribution in [-0.2, 0) is 0 Å². The molecule has 8 aromatic heterocycles. The molecule has 0 atom stereocenters. The van der Waals surface area contributed by atoms with E-state index < -0.39 is 0 Å². The van der Waals surface area contributed by atoms with E-state index in [0.29, 0.717) is 16.7 Å². The number of aryl methyl sites for hydroxylation is 6. The van der Waals surface area contributed by atoms with Crippen molar-refractivity contribution in [3.63, 3.8) is 0 Å². The molecular weight excluding hydrogens is 1220 g/mol. The first-order valence-electron chi connectivity index (χ1n) is 30.3. The van der Waals surface area contributed by atoms with Crippen molar-refractivity contribution in [2.75, 3.05) is 7.05 Å². The van der Waals surface area contributed by atoms with Crippen LogP contribution in [0.25, 0.3) is 86.2 Å². The summed E-state index contributed by atoms with van der Waals surface area (Å²) in [6, 6.07) is 76.2. The number of carbonyl (C=O) groups excluding carboxylic acids is 2. The summed E-state index contributed by atoms with van der Waals surface area (Å²) in [5, 5.41) is 12.8. The van der Waals surface area contributed by atoms with Crippen molar-refractivity contribution in [2.45, 2.75) is 41.5 Å². The van der Waals surface area contributed by atoms with Gasteiger partial charge in [-0.1, -0.05) is 145 Å². The lowest BCUT2D eigenvalue weighted by Gasteiger charge is -2.02. The SMILES string of the molecule is CN1C(=O)c2ccccc2C1=O.Cc1cc(=O)oc2ccccc12.Cc1ccc2ccccc2n1.Cc1cnc2ccccc2n1.Cc1coc2ccccc12.Cc1csc2ccccc12.Cc1nc2ccccc2s1.c1ccc2nccnc2c1.c1ccc2oncc2c1. The van der Waals surface area contributed by atoms with Gasteiger partial charge < -0.3 is 13.4 Å². The van der Waals surface area contributed by atoms with E-state index in [2.05, 4.69) is 95.9 Å². The number of carbonyl (C=O) groups is 2. The summed E-state index contributed by atoms with van der Waals surface area (Å²) < 4.78 is 17.8. The molecule has 17 aromatic rings. The molecule has 0 fully saturated rings. The van der Waals surface area contributed by atoms with E-state index in [1.54, 1.807) is 72.7 Å². The molecule has 14 nitrogen and oxygen atoms in total. The molecule has 0 radical (unpaired) electrons. The lowest BCUT2D eigenvalue weighted by molar-refractivity contribution is 0.0693. The highest BCUT2D eigenvalue weighted by atomic mass is 32.1. The zero-order valence-electron chi connectivity index (χ0n) is 53.3. The topological polar surface area (TPSA) is 184 Å². The van der Waals surface area contributed by atoms with Crippen molar-refractivity contribution in [1.29, 1.82) is 0 Å². The number of amides is 2. The molecular formula is C79H66N8O6S2. The van der Waals surface area contributed by atoms with E-state index in [4.69, 9.17) is 13.4 Å². The van der Waals surface area contributed by atoms with E-state index in [-0.39, 0.29) is 17.4 Å². The van der Waals surface area contributed by atoms with Gasteiger partial charge in [-0.25, -0.2) is 14.8 Å². The van der Waals surface area contributed by atoms with Gasteiger partial charge >= 0.3 is 5.63 Å². The van der Waals surface area contributed by atoms with Crippen LogP contribution in [0.2, 0.25) is 0 Å². The van der Waals surface area contributed by atoms with Crippen LogP contribution in [0.15, 0.2) is 291 Å². The molecule has 9 aromatic carbocycles. The number of benzene rings is 9. The molecule has 0 spiro atoms. The Kier molecular flexibility index (Phi) is 22.7. The maximum absolute atomic E-state index is 11.3. The summed E-state index contributed by atoms with van der Waals surface area (Å²) in [6.45, 7) is 12.1. The molecule has 18 rings (SSSR count). The quantitative estimate of drug-likeness (QED) is 0.103. The van der Waals surface area contributed by atoms with Crippen molar-refractivity contribution in [1.82, 2.24) is 40.0 Å². The third kappa shape index (κ3) is 17.9. The highest BCUT2D eigenvalue weighted by molar-refractivity contribution is 7.18. The lowest BCUT2D eigenvalue weighted by Crippen LogP contribution is -2.24. The fourth-order valence-corrected chi connectivity index (χ4v) is 11.5. The molecule has 0 aliphatic carbocycles. The van der Waals surface area contributed by atoms with Crippen molar-refractivity contribution in [2.24, 2.45) is 0 Å². The van der Waals surface area contributed by atoms with Gasteiger partial charge in [-0.05, 0) is 160 Å². The number of thiophene rings is 1. The van der Waals surface area contributed by atoms with E-state index in [9.17, 15) is 14.4 Å². The minimum Gasteiger partial charge on any atom is -0.464 e. The Balaban J connectivity index is 0.000000117. The summed E-state index contributed by atoms with van der Waals surface area (Å²) in [4.78, 5) is 60.2. The number of hydrogen-bond acceptors (Lipinski definition) is 15. The number of nitrogens with zero attached hydrogens (tertiary/aromatic N) is 8. The van der Waals surface area contributed by atoms with Gasteiger partial charge in [0, 0.05) is 63.6 Å². The highest BCUT2D eigenvalue weighted by Gasteiger charge is 2.31. The minimum absolute atomic E-state index is 0.212. The number of imide groups is 1. The van der Waals surface area contributed by atoms with Gasteiger partial charge in [0.15, 0.2) is 5.58 Å². The summed E-state index contributed by atoms with van der Waals surface area (Å²) in [5.41, 5.74) is 14.8. The lowest BCUT2D eigenvalue weighted by atomic mass is 10.1. The first kappa shape index (κ1) is 66.2. The van der Waals surface area contributed by atoms with Crippen molar-refractivity contribution < 1.29 is 22.9 Å². The number of pyridine rings is 1. The molecule has 0 N–H and O–H groups in total. The first-order chi connectivity index (χ1) is 46.3. The zero-order valence-corrected chi connectivity index (χ0v) is 55.0. The Morgan fingerprint density at radius 1 is 0.400 bits per heavy atom. The van der Waals surface area contributed by atoms with Crippen LogP contribution in [0.1, 0.15) is 53.8 Å². The zero-order chi connectivity index (χ0) is 66.5. The fraction of sp³-hybridized carbons (Fsp3) is 0.0886. The summed E-state index contributed by atoms with van der Waals surface area (Å²) in [6.07, 6.45) is 8.66. The number of furan rings is 1. The van der Waals surface area contributed by atoms with E-state index >= 15 is 0 Å². The van der Waals surface area contributed by atoms with E-state index in [0.717, 1.165) is 81.9 Å². The maximum atomic E-state index is 11.3. The molecule has 16 heteroatoms. The van der Waals surface area contributed by atoms with Gasteiger partial charge in [-0.3, -0.25) is 34.4 Å². The Labute approximate surface area is 556 Å². The largest absolute Gasteiger partial charge is 0.464 e. The maximum Gasteiger partial charge on any atom is 0.336 e. The standard InChI is InChI=1S/C10H9N.C10H8O2.C9H8N2.C9H7NO2.C9H8O.C9H8S.C8H6N2.C8H7NS.C7H5NO/c1-8-6-7-9-4-2-3-5-10(9)11-8;1-7-6-10(11)12-9-5-3-2-4-8(7)9;1-7-6-10-8-4-2-3-5-9(8)11-7;1-10-8(11)6-4-2-3-5-7(6)9(10)12;2*1-7-6-10-9-5-3-2-4-8(7)9;1-2-4-8-7(3-1)9-5-6-10-8;1-6-9-7-4-2-3-5-8(7)10-6;1-2-4-7-6(3-1)5-8-9-7/h2-7H,1H3;2-6H,1H3;2-6H,1H3;2-5H,1H3;2*2-6H,1H3;1-6H;2-5H,1H3;1-5H. The first-order valence-corrected chi connectivity index (χ1v) is 32.0. The molecule has 9 heterocycles. The van der Waals surface area contributed by atoms with Gasteiger partial charge in [0.1, 0.15) is 11.2 Å². The molecule has 0 unspecified atom stereocenters. The second kappa shape index (κ2) is 32.5. The third-order valence-corrected chi connectivity index (χ3v) is 16.6. The number of fused-ring (bicyclic) bond motifs is 9. The van der Waals surface area contributed by atoms with Crippen LogP contribution in [-0.4, -0.2) is 58.8 Å². The molecule has 95 heavy (non-hydrogen) atoms. The number of thiazole rings is 1. The number of hydrogen-bond donors (Lipinski definition) is 0. The van der Waals surface area contributed by atoms with E-state index in [1.807, 2.05) is 198 Å². The van der Waals surface area contributed by atoms with Crippen LogP contribution >= 0.6 is 22.7 Å². The van der Waals surface area contributed by atoms with Crippen molar-refractivity contribution in [3.8, 4) is 0 Å². The van der Waals surface area contributed by atoms with Crippen molar-refractivity contribution >= 4 is 121 Å². The van der Waals surface area contributed by atoms with Crippen molar-refractivity contribution in [3.05, 3.63) is 328 Å². The summed E-state index contributed by atoms with van der Waals surface area (Å²) in [5.74, 6) is -0.425. The molecule has 0 saturated heterocycles. The summed E-state index contributed by atoms with van der Waals surface area (Å²) >= 11 is 3.55. The van der Waals surface area contributed by atoms with Crippen LogP contribution in [0, 0.1) is 41.5 Å². The Hall–Kier alpha value is -11.7. The minimum atomic E-state index is -0.286. The summed E-state index contributed by atoms with van der Waals surface area (Å²) in [7, 11) is 1.49. The molecule has 1 aliphatic heterocycles.